The minimum Gasteiger partial charge on any atom is -0.325 e. The van der Waals surface area contributed by atoms with Gasteiger partial charge in [-0.25, -0.2) is 0 Å². The minimum absolute atomic E-state index is 0.0414. The topological polar surface area (TPSA) is 49.7 Å². The Morgan fingerprint density at radius 1 is 1.36 bits per heavy atom. The highest BCUT2D eigenvalue weighted by molar-refractivity contribution is 8.06. The average molecular weight is 273 g/mol. The van der Waals surface area contributed by atoms with Crippen LogP contribution in [-0.4, -0.2) is 9.79 Å². The van der Waals surface area contributed by atoms with Crippen LogP contribution in [-0.2, 0) is 22.9 Å². The number of rotatable bonds is 3. The van der Waals surface area contributed by atoms with E-state index in [4.69, 9.17) is 33.0 Å². The van der Waals surface area contributed by atoms with Crippen molar-refractivity contribution < 1.29 is 14.3 Å². The van der Waals surface area contributed by atoms with Gasteiger partial charge < -0.3 is 14.3 Å². The van der Waals surface area contributed by atoms with Crippen LogP contribution in [0.15, 0.2) is 18.2 Å². The van der Waals surface area contributed by atoms with Crippen molar-refractivity contribution in [3.05, 3.63) is 33.8 Å². The summed E-state index contributed by atoms with van der Waals surface area (Å²) in [6.45, 7) is -3.66. The standard InChI is InChI=1S/C7H7Cl2O3PS/c8-6-2-1-5(7(9)3-6)4-12-13(10,11)14/h1-3H,4H2,(H2,10,11,14). The molecule has 7 heteroatoms. The van der Waals surface area contributed by atoms with Gasteiger partial charge in [-0.2, -0.15) is 0 Å². The number of halogens is 2. The molecule has 78 valence electrons. The molecule has 1 aromatic carbocycles. The summed E-state index contributed by atoms with van der Waals surface area (Å²) in [6, 6.07) is 4.81. The first-order chi connectivity index (χ1) is 6.38. The summed E-state index contributed by atoms with van der Waals surface area (Å²) in [6.07, 6.45) is 0. The van der Waals surface area contributed by atoms with E-state index in [1.54, 1.807) is 18.2 Å². The van der Waals surface area contributed by atoms with E-state index < -0.39 is 6.72 Å². The lowest BCUT2D eigenvalue weighted by Gasteiger charge is -2.09. The van der Waals surface area contributed by atoms with Gasteiger partial charge in [0.15, 0.2) is 0 Å². The molecule has 0 fully saturated rings. The molecule has 3 nitrogen and oxygen atoms in total. The molecule has 14 heavy (non-hydrogen) atoms. The predicted octanol–water partition coefficient (Wildman–Crippen LogP) is 2.72. The molecule has 0 radical (unpaired) electrons. The molecular weight excluding hydrogens is 266 g/mol. The van der Waals surface area contributed by atoms with E-state index in [0.717, 1.165) is 0 Å². The van der Waals surface area contributed by atoms with Gasteiger partial charge in [0.25, 0.3) is 0 Å². The maximum absolute atomic E-state index is 8.81. The largest absolute Gasteiger partial charge is 0.325 e. The van der Waals surface area contributed by atoms with Crippen molar-refractivity contribution in [3.63, 3.8) is 0 Å². The van der Waals surface area contributed by atoms with Crippen molar-refractivity contribution in [2.24, 2.45) is 0 Å². The first kappa shape index (κ1) is 12.4. The van der Waals surface area contributed by atoms with Crippen LogP contribution < -0.4 is 0 Å². The fourth-order valence-corrected chi connectivity index (χ4v) is 1.72. The van der Waals surface area contributed by atoms with E-state index in [1.807, 2.05) is 0 Å². The first-order valence-electron chi connectivity index (χ1n) is 3.52. The quantitative estimate of drug-likeness (QED) is 0.831. The summed E-state index contributed by atoms with van der Waals surface area (Å²) >= 11 is 15.8. The molecule has 0 aliphatic carbocycles. The van der Waals surface area contributed by atoms with Crippen LogP contribution in [0, 0.1) is 0 Å². The predicted molar refractivity (Wildman–Crippen MR) is 60.0 cm³/mol. The van der Waals surface area contributed by atoms with Gasteiger partial charge >= 0.3 is 6.72 Å². The van der Waals surface area contributed by atoms with Gasteiger partial charge in [0.1, 0.15) is 0 Å². The zero-order valence-electron chi connectivity index (χ0n) is 6.85. The lowest BCUT2D eigenvalue weighted by atomic mass is 10.2. The van der Waals surface area contributed by atoms with E-state index in [0.29, 0.717) is 15.6 Å². The second-order valence-corrected chi connectivity index (χ2v) is 6.01. The van der Waals surface area contributed by atoms with E-state index in [-0.39, 0.29) is 6.61 Å². The van der Waals surface area contributed by atoms with Crippen LogP contribution >= 0.6 is 29.9 Å². The summed E-state index contributed by atoms with van der Waals surface area (Å²) in [5, 5.41) is 0.909. The van der Waals surface area contributed by atoms with Crippen LogP contribution in [0.2, 0.25) is 10.0 Å². The molecule has 0 saturated heterocycles. The Hall–Kier alpha value is 0.330. The van der Waals surface area contributed by atoms with Crippen LogP contribution in [0.1, 0.15) is 5.56 Å². The second-order valence-electron chi connectivity index (χ2n) is 2.50. The van der Waals surface area contributed by atoms with E-state index in [1.165, 1.54) is 0 Å². The maximum atomic E-state index is 8.81. The Morgan fingerprint density at radius 3 is 2.50 bits per heavy atom. The van der Waals surface area contributed by atoms with Crippen LogP contribution in [0.5, 0.6) is 0 Å². The third-order valence-corrected chi connectivity index (χ3v) is 2.77. The molecule has 2 N–H and O–H groups in total. The van der Waals surface area contributed by atoms with Gasteiger partial charge in [-0.3, -0.25) is 0 Å². The molecule has 1 aromatic rings. The highest BCUT2D eigenvalue weighted by Crippen LogP contribution is 2.38. The third-order valence-electron chi connectivity index (χ3n) is 1.40. The lowest BCUT2D eigenvalue weighted by molar-refractivity contribution is 0.242. The average Bonchev–Trinajstić information content (AvgIpc) is 2.00. The van der Waals surface area contributed by atoms with Crippen LogP contribution in [0.4, 0.5) is 0 Å². The molecule has 0 spiro atoms. The summed E-state index contributed by atoms with van der Waals surface area (Å²) in [7, 11) is 0. The Labute approximate surface area is 96.5 Å². The molecule has 0 aliphatic rings. The Bertz CT molecular complexity index is 379. The molecule has 0 saturated carbocycles. The summed E-state index contributed by atoms with van der Waals surface area (Å²) in [5.74, 6) is 0. The summed E-state index contributed by atoms with van der Waals surface area (Å²) in [5.41, 5.74) is 0.605. The number of benzene rings is 1. The van der Waals surface area contributed by atoms with Gasteiger partial charge in [0, 0.05) is 10.0 Å². The normalized spacial score (nSPS) is 11.7. The van der Waals surface area contributed by atoms with Crippen LogP contribution in [0.3, 0.4) is 0 Å². The van der Waals surface area contributed by atoms with Crippen molar-refractivity contribution in [2.75, 3.05) is 0 Å². The molecule has 0 aromatic heterocycles. The summed E-state index contributed by atoms with van der Waals surface area (Å²) < 4.78 is 4.65. The SMILES string of the molecule is OP(O)(=S)OCc1ccc(Cl)cc1Cl. The first-order valence-corrected chi connectivity index (χ1v) is 6.91. The Kier molecular flexibility index (Phi) is 4.34. The molecule has 0 aliphatic heterocycles. The lowest BCUT2D eigenvalue weighted by Crippen LogP contribution is -1.91. The van der Waals surface area contributed by atoms with Gasteiger partial charge in [-0.05, 0) is 29.5 Å². The number of hydrogen-bond donors (Lipinski definition) is 2. The minimum atomic E-state index is -3.62. The maximum Gasteiger partial charge on any atom is 0.322 e. The van der Waals surface area contributed by atoms with Crippen molar-refractivity contribution in [2.45, 2.75) is 6.61 Å². The Morgan fingerprint density at radius 2 is 2.00 bits per heavy atom. The fourth-order valence-electron chi connectivity index (χ4n) is 0.792. The van der Waals surface area contributed by atoms with E-state index >= 15 is 0 Å². The van der Waals surface area contributed by atoms with Gasteiger partial charge in [0.2, 0.25) is 0 Å². The zero-order valence-corrected chi connectivity index (χ0v) is 10.1. The zero-order chi connectivity index (χ0) is 10.8. The second kappa shape index (κ2) is 4.90. The molecular formula is C7H7Cl2O3PS. The van der Waals surface area contributed by atoms with Crippen molar-refractivity contribution in [1.29, 1.82) is 0 Å². The molecule has 0 heterocycles. The third kappa shape index (κ3) is 4.24. The van der Waals surface area contributed by atoms with E-state index in [2.05, 4.69) is 16.3 Å². The van der Waals surface area contributed by atoms with E-state index in [9.17, 15) is 0 Å². The Balaban J connectivity index is 2.73. The van der Waals surface area contributed by atoms with Gasteiger partial charge in [-0.1, -0.05) is 29.3 Å². The monoisotopic (exact) mass is 272 g/mol. The molecule has 0 amide bonds. The number of hydrogen-bond acceptors (Lipinski definition) is 2. The van der Waals surface area contributed by atoms with Crippen molar-refractivity contribution in [3.8, 4) is 0 Å². The van der Waals surface area contributed by atoms with Crippen molar-refractivity contribution >= 4 is 41.7 Å². The smallest absolute Gasteiger partial charge is 0.322 e. The molecule has 0 unspecified atom stereocenters. The summed E-state index contributed by atoms with van der Waals surface area (Å²) in [4.78, 5) is 17.6. The highest BCUT2D eigenvalue weighted by Gasteiger charge is 2.09. The van der Waals surface area contributed by atoms with Crippen LogP contribution in [0.25, 0.3) is 0 Å². The van der Waals surface area contributed by atoms with Gasteiger partial charge in [-0.15, -0.1) is 0 Å². The fraction of sp³-hybridized carbons (Fsp3) is 0.143. The van der Waals surface area contributed by atoms with Gasteiger partial charge in [0.05, 0.1) is 6.61 Å². The molecule has 1 rings (SSSR count). The highest BCUT2D eigenvalue weighted by atomic mass is 35.5. The van der Waals surface area contributed by atoms with Crippen molar-refractivity contribution in [1.82, 2.24) is 0 Å². The molecule has 0 bridgehead atoms. The molecule has 0 atom stereocenters.